The van der Waals surface area contributed by atoms with Crippen LogP contribution in [0.4, 0.5) is 0 Å². The van der Waals surface area contributed by atoms with Crippen molar-refractivity contribution in [3.05, 3.63) is 70.7 Å². The van der Waals surface area contributed by atoms with E-state index < -0.39 is 5.41 Å². The maximum Gasteiger partial charge on any atom is 0.172 e. The molecule has 0 aliphatic carbocycles. The zero-order valence-electron chi connectivity index (χ0n) is 10.5. The third-order valence-electron chi connectivity index (χ3n) is 3.17. The van der Waals surface area contributed by atoms with Crippen LogP contribution in [0.1, 0.15) is 29.8 Å². The normalized spacial score (nSPS) is 11.3. The van der Waals surface area contributed by atoms with Gasteiger partial charge in [0.25, 0.3) is 0 Å². The first-order chi connectivity index (χ1) is 8.51. The lowest BCUT2D eigenvalue weighted by molar-refractivity contribution is 0.0909. The molecule has 0 aliphatic heterocycles. The number of ketones is 1. The van der Waals surface area contributed by atoms with Crippen molar-refractivity contribution in [3.63, 3.8) is 0 Å². The summed E-state index contributed by atoms with van der Waals surface area (Å²) in [5.74, 6) is 0.116. The summed E-state index contributed by atoms with van der Waals surface area (Å²) in [5, 5.41) is 0.682. The molecule has 2 heteroatoms. The summed E-state index contributed by atoms with van der Waals surface area (Å²) in [6.45, 7) is 3.87. The first kappa shape index (κ1) is 12.8. The third kappa shape index (κ3) is 2.46. The highest BCUT2D eigenvalue weighted by molar-refractivity contribution is 6.30. The van der Waals surface area contributed by atoms with Crippen LogP contribution in [0.5, 0.6) is 0 Å². The monoisotopic (exact) mass is 258 g/mol. The predicted molar refractivity (Wildman–Crippen MR) is 75.3 cm³/mol. The summed E-state index contributed by atoms with van der Waals surface area (Å²) < 4.78 is 0. The van der Waals surface area contributed by atoms with Crippen LogP contribution in [0.15, 0.2) is 54.6 Å². The molecule has 0 unspecified atom stereocenters. The number of halogens is 1. The van der Waals surface area contributed by atoms with Gasteiger partial charge < -0.3 is 0 Å². The molecule has 0 saturated carbocycles. The Labute approximate surface area is 112 Å². The number of rotatable bonds is 3. The molecule has 1 nitrogen and oxygen atoms in total. The van der Waals surface area contributed by atoms with Crippen molar-refractivity contribution in [2.75, 3.05) is 0 Å². The van der Waals surface area contributed by atoms with Gasteiger partial charge in [0.1, 0.15) is 0 Å². The van der Waals surface area contributed by atoms with E-state index in [1.165, 1.54) is 0 Å². The number of benzene rings is 2. The van der Waals surface area contributed by atoms with Gasteiger partial charge in [-0.2, -0.15) is 0 Å². The van der Waals surface area contributed by atoms with Crippen LogP contribution >= 0.6 is 11.6 Å². The van der Waals surface area contributed by atoms with Gasteiger partial charge in [-0.3, -0.25) is 4.79 Å². The van der Waals surface area contributed by atoms with Crippen molar-refractivity contribution in [1.82, 2.24) is 0 Å². The molecule has 2 rings (SSSR count). The fourth-order valence-electron chi connectivity index (χ4n) is 1.95. The zero-order valence-corrected chi connectivity index (χ0v) is 11.2. The number of carbonyl (C=O) groups is 1. The highest BCUT2D eigenvalue weighted by Gasteiger charge is 2.30. The van der Waals surface area contributed by atoms with Crippen molar-refractivity contribution in [2.24, 2.45) is 0 Å². The molecule has 0 saturated heterocycles. The maximum atomic E-state index is 12.5. The van der Waals surface area contributed by atoms with Gasteiger partial charge in [-0.05, 0) is 31.5 Å². The second-order valence-electron chi connectivity index (χ2n) is 4.83. The average molecular weight is 259 g/mol. The summed E-state index contributed by atoms with van der Waals surface area (Å²) in [4.78, 5) is 12.5. The molecular formula is C16H15ClO. The Morgan fingerprint density at radius 1 is 0.944 bits per heavy atom. The maximum absolute atomic E-state index is 12.5. The van der Waals surface area contributed by atoms with Gasteiger partial charge in [0.2, 0.25) is 0 Å². The van der Waals surface area contributed by atoms with Crippen LogP contribution in [0, 0.1) is 0 Å². The van der Waals surface area contributed by atoms with Gasteiger partial charge in [0.15, 0.2) is 5.78 Å². The third-order valence-corrected chi connectivity index (χ3v) is 3.42. The molecule has 0 amide bonds. The molecule has 0 fully saturated rings. The standard InChI is InChI=1S/C16H15ClO/c1-16(2,13-8-10-14(17)11-9-13)15(18)12-6-4-3-5-7-12/h3-11H,1-2H3. The van der Waals surface area contributed by atoms with Crippen molar-refractivity contribution >= 4 is 17.4 Å². The molecule has 0 radical (unpaired) electrons. The smallest absolute Gasteiger partial charge is 0.172 e. The van der Waals surface area contributed by atoms with Crippen LogP contribution in [0.2, 0.25) is 5.02 Å². The Morgan fingerprint density at radius 2 is 1.50 bits per heavy atom. The number of carbonyl (C=O) groups excluding carboxylic acids is 1. The Bertz CT molecular complexity index is 541. The lowest BCUT2D eigenvalue weighted by Crippen LogP contribution is -2.29. The van der Waals surface area contributed by atoms with Gasteiger partial charge in [-0.1, -0.05) is 54.1 Å². The van der Waals surface area contributed by atoms with Gasteiger partial charge in [0.05, 0.1) is 5.41 Å². The van der Waals surface area contributed by atoms with Gasteiger partial charge >= 0.3 is 0 Å². The summed E-state index contributed by atoms with van der Waals surface area (Å²) >= 11 is 5.87. The number of hydrogen-bond acceptors (Lipinski definition) is 1. The van der Waals surface area contributed by atoms with Crippen LogP contribution in [0.25, 0.3) is 0 Å². The summed E-state index contributed by atoms with van der Waals surface area (Å²) in [7, 11) is 0. The van der Waals surface area contributed by atoms with Crippen LogP contribution < -0.4 is 0 Å². The van der Waals surface area contributed by atoms with E-state index in [-0.39, 0.29) is 5.78 Å². The van der Waals surface area contributed by atoms with E-state index in [1.807, 2.05) is 68.4 Å². The van der Waals surface area contributed by atoms with Gasteiger partial charge in [0, 0.05) is 10.6 Å². The van der Waals surface area contributed by atoms with Crippen molar-refractivity contribution in [3.8, 4) is 0 Å². The van der Waals surface area contributed by atoms with E-state index in [1.54, 1.807) is 0 Å². The molecule has 0 heterocycles. The molecule has 0 bridgehead atoms. The first-order valence-electron chi connectivity index (χ1n) is 5.88. The topological polar surface area (TPSA) is 17.1 Å². The molecule has 0 aromatic heterocycles. The molecule has 2 aromatic carbocycles. The largest absolute Gasteiger partial charge is 0.293 e. The molecule has 2 aromatic rings. The Hall–Kier alpha value is -1.60. The number of Topliss-reactive ketones (excluding diaryl/α,β-unsaturated/α-hetero) is 1. The summed E-state index contributed by atoms with van der Waals surface area (Å²) in [6, 6.07) is 16.8. The Kier molecular flexibility index (Phi) is 3.53. The minimum Gasteiger partial charge on any atom is -0.293 e. The van der Waals surface area contributed by atoms with E-state index >= 15 is 0 Å². The molecule has 0 aliphatic rings. The molecule has 18 heavy (non-hydrogen) atoms. The van der Waals surface area contributed by atoms with Crippen molar-refractivity contribution in [2.45, 2.75) is 19.3 Å². The highest BCUT2D eigenvalue weighted by Crippen LogP contribution is 2.28. The minimum absolute atomic E-state index is 0.116. The Morgan fingerprint density at radius 3 is 2.06 bits per heavy atom. The predicted octanol–water partition coefficient (Wildman–Crippen LogP) is 4.50. The fourth-order valence-corrected chi connectivity index (χ4v) is 2.07. The molecular weight excluding hydrogens is 244 g/mol. The fraction of sp³-hybridized carbons (Fsp3) is 0.188. The van der Waals surface area contributed by atoms with E-state index in [0.717, 1.165) is 11.1 Å². The van der Waals surface area contributed by atoms with Crippen molar-refractivity contribution in [1.29, 1.82) is 0 Å². The highest BCUT2D eigenvalue weighted by atomic mass is 35.5. The van der Waals surface area contributed by atoms with E-state index in [9.17, 15) is 4.79 Å². The summed E-state index contributed by atoms with van der Waals surface area (Å²) in [6.07, 6.45) is 0. The zero-order chi connectivity index (χ0) is 13.2. The van der Waals surface area contributed by atoms with Crippen LogP contribution in [-0.2, 0) is 5.41 Å². The average Bonchev–Trinajstić information content (AvgIpc) is 2.39. The lowest BCUT2D eigenvalue weighted by Gasteiger charge is -2.23. The van der Waals surface area contributed by atoms with Gasteiger partial charge in [-0.15, -0.1) is 0 Å². The minimum atomic E-state index is -0.550. The van der Waals surface area contributed by atoms with Gasteiger partial charge in [-0.25, -0.2) is 0 Å². The molecule has 0 N–H and O–H groups in total. The Balaban J connectivity index is 2.37. The number of hydrogen-bond donors (Lipinski definition) is 0. The van der Waals surface area contributed by atoms with Crippen LogP contribution in [0.3, 0.4) is 0 Å². The quantitative estimate of drug-likeness (QED) is 0.741. The van der Waals surface area contributed by atoms with Crippen molar-refractivity contribution < 1.29 is 4.79 Å². The first-order valence-corrected chi connectivity index (χ1v) is 6.25. The lowest BCUT2D eigenvalue weighted by atomic mass is 9.78. The summed E-state index contributed by atoms with van der Waals surface area (Å²) in [5.41, 5.74) is 1.16. The van der Waals surface area contributed by atoms with E-state index in [0.29, 0.717) is 5.02 Å². The SMILES string of the molecule is CC(C)(C(=O)c1ccccc1)c1ccc(Cl)cc1. The molecule has 92 valence electrons. The molecule has 0 atom stereocenters. The second kappa shape index (κ2) is 4.95. The van der Waals surface area contributed by atoms with E-state index in [2.05, 4.69) is 0 Å². The van der Waals surface area contributed by atoms with Crippen LogP contribution in [-0.4, -0.2) is 5.78 Å². The van der Waals surface area contributed by atoms with E-state index in [4.69, 9.17) is 11.6 Å². The molecule has 0 spiro atoms. The second-order valence-corrected chi connectivity index (χ2v) is 5.26.